The molecule has 1 aliphatic heterocycles. The van der Waals surface area contributed by atoms with Crippen LogP contribution in [0.15, 0.2) is 24.3 Å². The number of nitrogens with zero attached hydrogens (tertiary/aromatic N) is 1. The average molecular weight is 300 g/mol. The minimum Gasteiger partial charge on any atom is -0.333 e. The number of hydrogen-bond acceptors (Lipinski definition) is 1. The highest BCUT2D eigenvalue weighted by Crippen LogP contribution is 2.46. The van der Waals surface area contributed by atoms with Crippen LogP contribution in [-0.4, -0.2) is 17.4 Å². The lowest BCUT2D eigenvalue weighted by Crippen LogP contribution is -2.54. The van der Waals surface area contributed by atoms with Crippen LogP contribution in [0, 0.1) is 5.92 Å². The molecule has 3 rings (SSSR count). The van der Waals surface area contributed by atoms with E-state index in [9.17, 15) is 4.79 Å². The Morgan fingerprint density at radius 2 is 2.00 bits per heavy atom. The maximum atomic E-state index is 13.0. The van der Waals surface area contributed by atoms with Crippen LogP contribution in [0.2, 0.25) is 0 Å². The Morgan fingerprint density at radius 1 is 1.27 bits per heavy atom. The van der Waals surface area contributed by atoms with Crippen molar-refractivity contribution in [2.45, 2.75) is 70.7 Å². The lowest BCUT2D eigenvalue weighted by Gasteiger charge is -2.51. The van der Waals surface area contributed by atoms with Gasteiger partial charge >= 0.3 is 0 Å². The van der Waals surface area contributed by atoms with E-state index in [2.05, 4.69) is 36.9 Å². The van der Waals surface area contributed by atoms with Gasteiger partial charge in [0.1, 0.15) is 0 Å². The molecule has 22 heavy (non-hydrogen) atoms. The molecule has 120 valence electrons. The first kappa shape index (κ1) is 14.3. The van der Waals surface area contributed by atoms with Crippen LogP contribution in [0.4, 0.5) is 0 Å². The first-order chi connectivity index (χ1) is 11.0. The third-order valence-electron chi connectivity index (χ3n) is 5.39. The zero-order valence-electron chi connectivity index (χ0n) is 15.0. The Kier molecular flexibility index (Phi) is 4.18. The number of hydrogen-bond donors (Lipinski definition) is 0. The van der Waals surface area contributed by atoms with Crippen molar-refractivity contribution >= 4 is 5.91 Å². The highest BCUT2D eigenvalue weighted by molar-refractivity contribution is 5.78. The lowest BCUT2D eigenvalue weighted by molar-refractivity contribution is -0.141. The molecule has 1 aromatic carbocycles. The molecule has 2 aliphatic rings. The summed E-state index contributed by atoms with van der Waals surface area (Å²) >= 11 is 0. The molecule has 1 saturated carbocycles. The molecule has 1 unspecified atom stereocenters. The van der Waals surface area contributed by atoms with Gasteiger partial charge in [-0.05, 0) is 42.7 Å². The predicted octanol–water partition coefficient (Wildman–Crippen LogP) is 4.67. The monoisotopic (exact) mass is 300 g/mol. The quantitative estimate of drug-likeness (QED) is 0.794. The van der Waals surface area contributed by atoms with Gasteiger partial charge < -0.3 is 4.90 Å². The van der Waals surface area contributed by atoms with Crippen molar-refractivity contribution in [3.63, 3.8) is 0 Å². The molecule has 1 heterocycles. The van der Waals surface area contributed by atoms with Crippen molar-refractivity contribution in [3.8, 4) is 0 Å². The molecule has 0 radical (unpaired) electrons. The number of fused-ring (bicyclic) bond motifs is 2. The minimum absolute atomic E-state index is 0.138. The Bertz CT molecular complexity index is 563. The topological polar surface area (TPSA) is 20.3 Å². The van der Waals surface area contributed by atoms with Crippen LogP contribution in [0.3, 0.4) is 0 Å². The SMILES string of the molecule is [2H]C1CN(C(=O)CCC(C)C)C2(CCCCC2)c2ccccc21. The standard InChI is InChI=1S/C20H29NO/c1-16(2)10-11-19(22)21-15-12-17-8-4-5-9-18(17)20(21)13-6-3-7-14-20/h4-5,8-9,16H,3,6-7,10-15H2,1-2H3/i12D. The number of carbonyl (C=O) groups excluding carboxylic acids is 1. The second-order valence-corrected chi connectivity index (χ2v) is 7.32. The molecular formula is C20H29NO. The van der Waals surface area contributed by atoms with Crippen molar-refractivity contribution in [1.82, 2.24) is 4.90 Å². The van der Waals surface area contributed by atoms with Gasteiger partial charge in [-0.2, -0.15) is 0 Å². The van der Waals surface area contributed by atoms with Gasteiger partial charge in [0.25, 0.3) is 0 Å². The van der Waals surface area contributed by atoms with Crippen molar-refractivity contribution in [1.29, 1.82) is 0 Å². The fourth-order valence-corrected chi connectivity index (χ4v) is 4.17. The first-order valence-electron chi connectivity index (χ1n) is 9.44. The summed E-state index contributed by atoms with van der Waals surface area (Å²) in [6.45, 7) is 4.90. The largest absolute Gasteiger partial charge is 0.333 e. The van der Waals surface area contributed by atoms with Crippen molar-refractivity contribution in [2.24, 2.45) is 5.92 Å². The zero-order chi connectivity index (χ0) is 16.4. The van der Waals surface area contributed by atoms with Crippen LogP contribution in [-0.2, 0) is 16.7 Å². The summed E-state index contributed by atoms with van der Waals surface area (Å²) in [5, 5.41) is 0. The van der Waals surface area contributed by atoms with Gasteiger partial charge in [0.15, 0.2) is 0 Å². The maximum absolute atomic E-state index is 13.0. The third kappa shape index (κ3) is 2.80. The van der Waals surface area contributed by atoms with Crippen molar-refractivity contribution < 1.29 is 6.17 Å². The number of rotatable bonds is 3. The van der Waals surface area contributed by atoms with E-state index in [-0.39, 0.29) is 17.8 Å². The molecule has 1 aliphatic carbocycles. The molecule has 2 heteroatoms. The summed E-state index contributed by atoms with van der Waals surface area (Å²) in [5.41, 5.74) is 2.26. The predicted molar refractivity (Wildman–Crippen MR) is 90.7 cm³/mol. The second kappa shape index (κ2) is 6.44. The van der Waals surface area contributed by atoms with Gasteiger partial charge in [0, 0.05) is 14.3 Å². The van der Waals surface area contributed by atoms with Gasteiger partial charge in [-0.15, -0.1) is 0 Å². The summed E-state index contributed by atoms with van der Waals surface area (Å²) in [5.74, 6) is 0.803. The Morgan fingerprint density at radius 3 is 2.73 bits per heavy atom. The summed E-state index contributed by atoms with van der Waals surface area (Å²) < 4.78 is 8.50. The highest BCUT2D eigenvalue weighted by Gasteiger charge is 2.44. The lowest BCUT2D eigenvalue weighted by atomic mass is 9.71. The summed E-state index contributed by atoms with van der Waals surface area (Å²) in [6, 6.07) is 8.38. The molecule has 1 fully saturated rings. The van der Waals surface area contributed by atoms with Crippen molar-refractivity contribution in [2.75, 3.05) is 6.54 Å². The summed E-state index contributed by atoms with van der Waals surface area (Å²) in [6.07, 6.45) is 7.01. The molecule has 1 atom stereocenters. The van der Waals surface area contributed by atoms with E-state index in [0.717, 1.165) is 24.8 Å². The Hall–Kier alpha value is -1.31. The van der Waals surface area contributed by atoms with Gasteiger partial charge in [-0.3, -0.25) is 4.79 Å². The van der Waals surface area contributed by atoms with Gasteiger partial charge in [-0.1, -0.05) is 57.4 Å². The average Bonchev–Trinajstić information content (AvgIpc) is 2.57. The molecule has 1 aromatic rings. The van der Waals surface area contributed by atoms with E-state index in [1.54, 1.807) is 0 Å². The fraction of sp³-hybridized carbons (Fsp3) is 0.650. The summed E-state index contributed by atoms with van der Waals surface area (Å²) in [7, 11) is 0. The molecular weight excluding hydrogens is 270 g/mol. The first-order valence-corrected chi connectivity index (χ1v) is 8.87. The molecule has 1 spiro atoms. The Labute approximate surface area is 136 Å². The maximum Gasteiger partial charge on any atom is 0.223 e. The number of amides is 1. The third-order valence-corrected chi connectivity index (χ3v) is 5.39. The van der Waals surface area contributed by atoms with E-state index >= 15 is 0 Å². The molecule has 2 nitrogen and oxygen atoms in total. The van der Waals surface area contributed by atoms with Crippen LogP contribution < -0.4 is 0 Å². The van der Waals surface area contributed by atoms with E-state index < -0.39 is 0 Å². The van der Waals surface area contributed by atoms with E-state index in [4.69, 9.17) is 1.37 Å². The van der Waals surface area contributed by atoms with Gasteiger partial charge in [0.05, 0.1) is 5.54 Å². The Balaban J connectivity index is 1.97. The van der Waals surface area contributed by atoms with E-state index in [0.29, 0.717) is 18.9 Å². The molecule has 0 saturated heterocycles. The molecule has 0 N–H and O–H groups in total. The van der Waals surface area contributed by atoms with Crippen LogP contribution >= 0.6 is 0 Å². The molecule has 0 aromatic heterocycles. The summed E-state index contributed by atoms with van der Waals surface area (Å²) in [4.78, 5) is 15.1. The smallest absolute Gasteiger partial charge is 0.223 e. The van der Waals surface area contributed by atoms with Crippen LogP contribution in [0.5, 0.6) is 0 Å². The fourth-order valence-electron chi connectivity index (χ4n) is 4.17. The normalized spacial score (nSPS) is 24.2. The van der Waals surface area contributed by atoms with E-state index in [1.165, 1.54) is 24.8 Å². The van der Waals surface area contributed by atoms with Gasteiger partial charge in [-0.25, -0.2) is 0 Å². The van der Waals surface area contributed by atoms with E-state index in [1.807, 2.05) is 6.07 Å². The van der Waals surface area contributed by atoms with Crippen LogP contribution in [0.1, 0.15) is 71.3 Å². The zero-order valence-corrected chi connectivity index (χ0v) is 14.0. The number of benzene rings is 1. The minimum atomic E-state index is -0.304. The van der Waals surface area contributed by atoms with Gasteiger partial charge in [0.2, 0.25) is 5.91 Å². The second-order valence-electron chi connectivity index (χ2n) is 7.32. The molecule has 1 amide bonds. The molecule has 0 bridgehead atoms. The highest BCUT2D eigenvalue weighted by atomic mass is 16.2. The van der Waals surface area contributed by atoms with Crippen LogP contribution in [0.25, 0.3) is 0 Å². The van der Waals surface area contributed by atoms with Crippen molar-refractivity contribution in [3.05, 3.63) is 35.4 Å². The number of carbonyl (C=O) groups is 1.